The fourth-order valence-corrected chi connectivity index (χ4v) is 9.28. The van der Waals surface area contributed by atoms with E-state index in [1.54, 1.807) is 0 Å². The summed E-state index contributed by atoms with van der Waals surface area (Å²) in [5.41, 5.74) is 0. The molecule has 0 spiro atoms. The molecule has 1 unspecified atom stereocenters. The third-order valence-electron chi connectivity index (χ3n) is 14.3. The zero-order valence-electron chi connectivity index (χ0n) is 51.9. The molecule has 0 aromatic rings. The molecule has 0 N–H and O–H groups in total. The van der Waals surface area contributed by atoms with E-state index in [9.17, 15) is 14.4 Å². The van der Waals surface area contributed by atoms with Crippen LogP contribution in [0.2, 0.25) is 0 Å². The van der Waals surface area contributed by atoms with E-state index >= 15 is 0 Å². The average Bonchev–Trinajstić information content (AvgIpc) is 3.45. The van der Waals surface area contributed by atoms with Crippen LogP contribution in [0.4, 0.5) is 0 Å². The maximum atomic E-state index is 12.9. The number of ether oxygens (including phenoxy) is 3. The molecule has 79 heavy (non-hydrogen) atoms. The van der Waals surface area contributed by atoms with Crippen molar-refractivity contribution >= 4 is 17.9 Å². The molecule has 1 atom stereocenters. The van der Waals surface area contributed by atoms with Gasteiger partial charge in [-0.1, -0.05) is 297 Å². The van der Waals surface area contributed by atoms with Crippen LogP contribution in [0, 0.1) is 0 Å². The zero-order chi connectivity index (χ0) is 57.1. The molecule has 0 aliphatic carbocycles. The highest BCUT2D eigenvalue weighted by Gasteiger charge is 2.19. The largest absolute Gasteiger partial charge is 0.462 e. The molecule has 0 rings (SSSR count). The summed E-state index contributed by atoms with van der Waals surface area (Å²) in [6, 6.07) is 0. The topological polar surface area (TPSA) is 78.9 Å². The van der Waals surface area contributed by atoms with Crippen molar-refractivity contribution < 1.29 is 28.6 Å². The lowest BCUT2D eigenvalue weighted by Gasteiger charge is -2.18. The van der Waals surface area contributed by atoms with Gasteiger partial charge in [-0.15, -0.1) is 0 Å². The fourth-order valence-electron chi connectivity index (χ4n) is 9.28. The molecule has 0 fully saturated rings. The van der Waals surface area contributed by atoms with E-state index < -0.39 is 6.10 Å². The molecule has 0 radical (unpaired) electrons. The summed E-state index contributed by atoms with van der Waals surface area (Å²) in [7, 11) is 0. The summed E-state index contributed by atoms with van der Waals surface area (Å²) in [5, 5.41) is 0. The number of hydrogen-bond acceptors (Lipinski definition) is 6. The number of rotatable bonds is 60. The zero-order valence-corrected chi connectivity index (χ0v) is 51.9. The molecule has 0 saturated carbocycles. The highest BCUT2D eigenvalue weighted by molar-refractivity contribution is 5.71. The third-order valence-corrected chi connectivity index (χ3v) is 14.3. The quantitative estimate of drug-likeness (QED) is 0.0261. The van der Waals surface area contributed by atoms with Crippen molar-refractivity contribution in [1.82, 2.24) is 0 Å². The van der Waals surface area contributed by atoms with Gasteiger partial charge in [-0.25, -0.2) is 0 Å². The summed E-state index contributed by atoms with van der Waals surface area (Å²) in [6.45, 7) is 6.52. The first-order valence-electron chi connectivity index (χ1n) is 33.4. The summed E-state index contributed by atoms with van der Waals surface area (Å²) >= 11 is 0. The van der Waals surface area contributed by atoms with Gasteiger partial charge >= 0.3 is 17.9 Å². The minimum atomic E-state index is -0.780. The molecule has 6 heteroatoms. The Kier molecular flexibility index (Phi) is 63.3. The first-order valence-corrected chi connectivity index (χ1v) is 33.4. The Morgan fingerprint density at radius 2 is 0.494 bits per heavy atom. The SMILES string of the molecule is CC/C=C\C/C=C\C/C=C\C/C=C\C/C=C\C/C=C\C/C=C\C/C=C\CCCCCCCCCCCCC(=O)OCC(COC(=O)CCCCCCCCCCC)OC(=O)CCCCCCCCC/C=C\CCCCCCCC. The Morgan fingerprint density at radius 3 is 0.785 bits per heavy atom. The molecule has 0 heterocycles. The predicted molar refractivity (Wildman–Crippen MR) is 343 cm³/mol. The number of unbranched alkanes of at least 4 members (excludes halogenated alkanes) is 31. The second-order valence-corrected chi connectivity index (χ2v) is 22.0. The Morgan fingerprint density at radius 1 is 0.266 bits per heavy atom. The predicted octanol–water partition coefficient (Wildman–Crippen LogP) is 23.0. The van der Waals surface area contributed by atoms with Crippen LogP contribution >= 0.6 is 0 Å². The molecule has 6 nitrogen and oxygen atoms in total. The normalized spacial score (nSPS) is 12.8. The molecule has 0 aliphatic rings. The molecule has 0 aromatic heterocycles. The lowest BCUT2D eigenvalue weighted by molar-refractivity contribution is -0.167. The van der Waals surface area contributed by atoms with E-state index in [-0.39, 0.29) is 31.1 Å². The van der Waals surface area contributed by atoms with Gasteiger partial charge in [0.2, 0.25) is 0 Å². The van der Waals surface area contributed by atoms with E-state index in [1.165, 1.54) is 167 Å². The van der Waals surface area contributed by atoms with Gasteiger partial charge in [0.1, 0.15) is 13.2 Å². The maximum Gasteiger partial charge on any atom is 0.306 e. The van der Waals surface area contributed by atoms with Crippen molar-refractivity contribution in [3.05, 3.63) is 109 Å². The molecular formula is C73H124O6. The number of allylic oxidation sites excluding steroid dienone is 18. The van der Waals surface area contributed by atoms with Gasteiger partial charge < -0.3 is 14.2 Å². The summed E-state index contributed by atoms with van der Waals surface area (Å²) in [6.07, 6.45) is 91.1. The van der Waals surface area contributed by atoms with Gasteiger partial charge in [0, 0.05) is 19.3 Å². The van der Waals surface area contributed by atoms with E-state index in [1.807, 2.05) is 0 Å². The lowest BCUT2D eigenvalue weighted by atomic mass is 10.1. The monoisotopic (exact) mass is 1100 g/mol. The van der Waals surface area contributed by atoms with Crippen LogP contribution in [0.3, 0.4) is 0 Å². The van der Waals surface area contributed by atoms with E-state index in [2.05, 4.69) is 130 Å². The Bertz CT molecular complexity index is 1590. The van der Waals surface area contributed by atoms with Crippen LogP contribution in [-0.2, 0) is 28.6 Å². The fraction of sp³-hybridized carbons (Fsp3) is 0.712. The van der Waals surface area contributed by atoms with Crippen LogP contribution in [0.5, 0.6) is 0 Å². The highest BCUT2D eigenvalue weighted by Crippen LogP contribution is 2.16. The molecule has 0 saturated heterocycles. The summed E-state index contributed by atoms with van der Waals surface area (Å²) < 4.78 is 16.9. The van der Waals surface area contributed by atoms with Crippen molar-refractivity contribution in [2.24, 2.45) is 0 Å². The van der Waals surface area contributed by atoms with Crippen molar-refractivity contribution in [3.8, 4) is 0 Å². The summed E-state index contributed by atoms with van der Waals surface area (Å²) in [4.78, 5) is 38.2. The van der Waals surface area contributed by atoms with Crippen molar-refractivity contribution in [2.45, 2.75) is 322 Å². The Balaban J connectivity index is 4.15. The van der Waals surface area contributed by atoms with Gasteiger partial charge in [0.25, 0.3) is 0 Å². The van der Waals surface area contributed by atoms with Crippen molar-refractivity contribution in [2.75, 3.05) is 13.2 Å². The number of esters is 3. The van der Waals surface area contributed by atoms with E-state index in [4.69, 9.17) is 14.2 Å². The molecule has 0 aromatic carbocycles. The van der Waals surface area contributed by atoms with Gasteiger partial charge in [-0.05, 0) is 109 Å². The average molecular weight is 1100 g/mol. The van der Waals surface area contributed by atoms with Crippen LogP contribution in [0.25, 0.3) is 0 Å². The molecule has 0 aliphatic heterocycles. The number of hydrogen-bond donors (Lipinski definition) is 0. The first kappa shape index (κ1) is 75.1. The van der Waals surface area contributed by atoms with Crippen LogP contribution in [-0.4, -0.2) is 37.2 Å². The van der Waals surface area contributed by atoms with Crippen molar-refractivity contribution in [1.29, 1.82) is 0 Å². The minimum Gasteiger partial charge on any atom is -0.462 e. The second-order valence-electron chi connectivity index (χ2n) is 22.0. The lowest BCUT2D eigenvalue weighted by Crippen LogP contribution is -2.30. The van der Waals surface area contributed by atoms with E-state index in [0.29, 0.717) is 19.3 Å². The van der Waals surface area contributed by atoms with Gasteiger partial charge in [0.15, 0.2) is 6.10 Å². The molecular weight excluding hydrogens is 973 g/mol. The van der Waals surface area contributed by atoms with E-state index in [0.717, 1.165) is 109 Å². The molecule has 0 bridgehead atoms. The minimum absolute atomic E-state index is 0.0777. The van der Waals surface area contributed by atoms with Crippen LogP contribution < -0.4 is 0 Å². The number of carbonyl (C=O) groups excluding carboxylic acids is 3. The second kappa shape index (κ2) is 66.6. The maximum absolute atomic E-state index is 12.9. The molecule has 452 valence electrons. The highest BCUT2D eigenvalue weighted by atomic mass is 16.6. The summed E-state index contributed by atoms with van der Waals surface area (Å²) in [5.74, 6) is -0.880. The van der Waals surface area contributed by atoms with Crippen molar-refractivity contribution in [3.63, 3.8) is 0 Å². The molecule has 0 amide bonds. The van der Waals surface area contributed by atoms with Gasteiger partial charge in [-0.2, -0.15) is 0 Å². The first-order chi connectivity index (χ1) is 39.0. The number of carbonyl (C=O) groups is 3. The standard InChI is InChI=1S/C73H124O6/c1-4-7-10-13-16-19-21-23-25-27-28-29-30-31-32-33-34-35-36-37-38-39-40-41-42-43-44-46-47-49-51-54-57-60-63-66-72(75)78-69-70(68-77-71(74)65-62-59-56-53-18-15-12-9-6-3)79-73(76)67-64-61-58-55-52-50-48-45-26-24-22-20-17-14-11-8-5-2/h7,10,16,19,23-26,28-29,31-32,34-35,37-38,40-41,70H,4-6,8-9,11-15,17-18,20-22,27,30,33,36,39,42-69H2,1-3H3/b10-7-,19-16-,25-23-,26-24-,29-28-,32-31-,35-34-,38-37-,41-40-. The van der Waals surface area contributed by atoms with Gasteiger partial charge in [-0.3, -0.25) is 14.4 Å². The van der Waals surface area contributed by atoms with Crippen LogP contribution in [0.15, 0.2) is 109 Å². The van der Waals surface area contributed by atoms with Crippen LogP contribution in [0.1, 0.15) is 316 Å². The Labute approximate surface area is 489 Å². The Hall–Kier alpha value is -3.93. The van der Waals surface area contributed by atoms with Gasteiger partial charge in [0.05, 0.1) is 0 Å². The third kappa shape index (κ3) is 64.8. The smallest absolute Gasteiger partial charge is 0.306 e.